The lowest BCUT2D eigenvalue weighted by atomic mass is 9.86. The van der Waals surface area contributed by atoms with Crippen LogP contribution in [0.4, 0.5) is 0 Å². The van der Waals surface area contributed by atoms with Crippen LogP contribution in [0.1, 0.15) is 0 Å². The molecule has 11 aromatic carbocycles. The zero-order valence-electron chi connectivity index (χ0n) is 26.4. The van der Waals surface area contributed by atoms with Crippen molar-refractivity contribution in [2.24, 2.45) is 0 Å². The number of fused-ring (bicyclic) bond motifs is 5. The predicted molar refractivity (Wildman–Crippen MR) is 210 cm³/mol. The van der Waals surface area contributed by atoms with Crippen molar-refractivity contribution >= 4 is 97.3 Å². The lowest BCUT2D eigenvalue weighted by molar-refractivity contribution is 0.674. The van der Waals surface area contributed by atoms with Gasteiger partial charge in [0.15, 0.2) is 0 Å². The van der Waals surface area contributed by atoms with E-state index in [9.17, 15) is 0 Å². The summed E-state index contributed by atoms with van der Waals surface area (Å²) in [4.78, 5) is 0. The van der Waals surface area contributed by atoms with Gasteiger partial charge < -0.3 is 4.42 Å². The highest BCUT2D eigenvalue weighted by Crippen LogP contribution is 2.47. The molecule has 0 aliphatic carbocycles. The van der Waals surface area contributed by atoms with Crippen LogP contribution in [0.15, 0.2) is 162 Å². The molecule has 0 saturated heterocycles. The molecule has 1 aromatic heterocycles. The quantitative estimate of drug-likeness (QED) is 0.176. The molecule has 0 aliphatic rings. The Hall–Kier alpha value is -6.44. The summed E-state index contributed by atoms with van der Waals surface area (Å²) in [5.41, 5.74) is 6.63. The van der Waals surface area contributed by atoms with Gasteiger partial charge in [0, 0.05) is 21.7 Å². The van der Waals surface area contributed by atoms with Crippen LogP contribution in [0, 0.1) is 0 Å². The minimum absolute atomic E-state index is 0.933. The van der Waals surface area contributed by atoms with Gasteiger partial charge >= 0.3 is 0 Å². The number of benzene rings is 11. The summed E-state index contributed by atoms with van der Waals surface area (Å²) in [5, 5.41) is 20.1. The Balaban J connectivity index is 1.26. The van der Waals surface area contributed by atoms with Crippen molar-refractivity contribution in [3.05, 3.63) is 158 Å². The molecule has 0 fully saturated rings. The van der Waals surface area contributed by atoms with Crippen LogP contribution in [0.5, 0.6) is 0 Å². The summed E-state index contributed by atoms with van der Waals surface area (Å²) in [6.45, 7) is 0. The lowest BCUT2D eigenvalue weighted by Crippen LogP contribution is -1.90. The smallest absolute Gasteiger partial charge is 0.143 e. The molecule has 1 heterocycles. The first-order valence-electron chi connectivity index (χ1n) is 17.0. The fraction of sp³-hybridized carbons (Fsp3) is 0. The Bertz CT molecular complexity index is 3310. The Kier molecular flexibility index (Phi) is 4.77. The first kappa shape index (κ1) is 25.6. The Labute approximate surface area is 280 Å². The van der Waals surface area contributed by atoms with E-state index >= 15 is 0 Å². The maximum Gasteiger partial charge on any atom is 0.143 e. The number of rotatable bonds is 2. The lowest BCUT2D eigenvalue weighted by Gasteiger charge is -2.17. The van der Waals surface area contributed by atoms with Crippen LogP contribution >= 0.6 is 0 Å². The van der Waals surface area contributed by atoms with Crippen molar-refractivity contribution in [3.8, 4) is 22.3 Å². The van der Waals surface area contributed by atoms with Crippen molar-refractivity contribution in [3.63, 3.8) is 0 Å². The zero-order chi connectivity index (χ0) is 31.8. The molecule has 0 saturated carbocycles. The van der Waals surface area contributed by atoms with Crippen LogP contribution in [0.3, 0.4) is 0 Å². The van der Waals surface area contributed by atoms with Crippen molar-refractivity contribution in [1.82, 2.24) is 0 Å². The SMILES string of the molecule is c1ccc2c(c1)ccc1c3cc(-c4ccc5ccc6cccc7ccc4c5c67)cc(-c4cc5cccc6ccc7cccc4c7c65)c3oc21. The van der Waals surface area contributed by atoms with Crippen molar-refractivity contribution in [2.75, 3.05) is 0 Å². The second-order valence-electron chi connectivity index (χ2n) is 13.6. The topological polar surface area (TPSA) is 13.1 Å². The largest absolute Gasteiger partial charge is 0.455 e. The van der Waals surface area contributed by atoms with E-state index in [-0.39, 0.29) is 0 Å². The van der Waals surface area contributed by atoms with Gasteiger partial charge in [0.2, 0.25) is 0 Å². The summed E-state index contributed by atoms with van der Waals surface area (Å²) in [7, 11) is 0. The number of hydrogen-bond acceptors (Lipinski definition) is 1. The Morgan fingerprint density at radius 1 is 0.265 bits per heavy atom. The molecule has 0 N–H and O–H groups in total. The number of furan rings is 1. The van der Waals surface area contributed by atoms with Gasteiger partial charge in [-0.05, 0) is 111 Å². The normalized spacial score (nSPS) is 12.5. The highest BCUT2D eigenvalue weighted by Gasteiger charge is 2.21. The van der Waals surface area contributed by atoms with Gasteiger partial charge in [0.05, 0.1) is 0 Å². The molecule has 0 atom stereocenters. The van der Waals surface area contributed by atoms with Crippen molar-refractivity contribution in [2.45, 2.75) is 0 Å². The average Bonchev–Trinajstić information content (AvgIpc) is 3.55. The van der Waals surface area contributed by atoms with E-state index in [0.29, 0.717) is 0 Å². The highest BCUT2D eigenvalue weighted by molar-refractivity contribution is 6.29. The molecule has 12 rings (SSSR count). The van der Waals surface area contributed by atoms with E-state index in [4.69, 9.17) is 4.42 Å². The van der Waals surface area contributed by atoms with Gasteiger partial charge in [-0.15, -0.1) is 0 Å². The highest BCUT2D eigenvalue weighted by atomic mass is 16.3. The molecular weight excluding hydrogens is 593 g/mol. The van der Waals surface area contributed by atoms with E-state index in [2.05, 4.69) is 158 Å². The van der Waals surface area contributed by atoms with Crippen molar-refractivity contribution < 1.29 is 4.42 Å². The second kappa shape index (κ2) is 9.13. The van der Waals surface area contributed by atoms with Gasteiger partial charge in [-0.3, -0.25) is 0 Å². The molecule has 0 aliphatic heterocycles. The molecule has 224 valence electrons. The summed E-state index contributed by atoms with van der Waals surface area (Å²) in [5.74, 6) is 0. The van der Waals surface area contributed by atoms with Gasteiger partial charge in [0.1, 0.15) is 11.2 Å². The summed E-state index contributed by atoms with van der Waals surface area (Å²) >= 11 is 0. The first-order valence-corrected chi connectivity index (χ1v) is 17.0. The molecule has 49 heavy (non-hydrogen) atoms. The third kappa shape index (κ3) is 3.34. The summed E-state index contributed by atoms with van der Waals surface area (Å²) in [6.07, 6.45) is 0. The first-order chi connectivity index (χ1) is 24.3. The van der Waals surface area contributed by atoms with E-state index in [1.165, 1.54) is 86.7 Å². The molecule has 0 radical (unpaired) electrons. The third-order valence-corrected chi connectivity index (χ3v) is 11.1. The molecular formula is C48H26O. The minimum atomic E-state index is 0.933. The van der Waals surface area contributed by atoms with E-state index in [0.717, 1.165) is 32.9 Å². The van der Waals surface area contributed by atoms with Crippen molar-refractivity contribution in [1.29, 1.82) is 0 Å². The van der Waals surface area contributed by atoms with Gasteiger partial charge in [-0.1, -0.05) is 133 Å². The standard InChI is InChI=1S/C48H26O/c1-2-12-36-27(6-1)18-23-39-41-25-34(35-21-19-32-17-15-28-7-3-8-30-20-22-38(35)46(32)43(28)30)26-42(48(41)49-47(36)39)40-24-33-11-4-9-29-14-16-31-10-5-13-37(40)45(31)44(29)33/h1-26H. The maximum absolute atomic E-state index is 7.04. The average molecular weight is 619 g/mol. The van der Waals surface area contributed by atoms with Crippen LogP contribution in [0.2, 0.25) is 0 Å². The Morgan fingerprint density at radius 3 is 1.59 bits per heavy atom. The molecule has 1 heteroatoms. The fourth-order valence-electron chi connectivity index (χ4n) is 8.93. The molecule has 0 spiro atoms. The van der Waals surface area contributed by atoms with Crippen LogP contribution in [-0.2, 0) is 0 Å². The molecule has 0 bridgehead atoms. The monoisotopic (exact) mass is 618 g/mol. The maximum atomic E-state index is 7.04. The van der Waals surface area contributed by atoms with Crippen LogP contribution < -0.4 is 0 Å². The van der Waals surface area contributed by atoms with E-state index in [1.54, 1.807) is 0 Å². The van der Waals surface area contributed by atoms with Crippen LogP contribution in [-0.4, -0.2) is 0 Å². The summed E-state index contributed by atoms with van der Waals surface area (Å²) < 4.78 is 7.04. The minimum Gasteiger partial charge on any atom is -0.455 e. The second-order valence-corrected chi connectivity index (χ2v) is 13.6. The third-order valence-electron chi connectivity index (χ3n) is 11.1. The van der Waals surface area contributed by atoms with Gasteiger partial charge in [-0.2, -0.15) is 0 Å². The number of hydrogen-bond donors (Lipinski definition) is 0. The molecule has 12 aromatic rings. The summed E-state index contributed by atoms with van der Waals surface area (Å²) in [6, 6.07) is 58.4. The zero-order valence-corrected chi connectivity index (χ0v) is 26.4. The van der Waals surface area contributed by atoms with Crippen LogP contribution in [0.25, 0.3) is 120 Å². The molecule has 1 nitrogen and oxygen atoms in total. The molecule has 0 unspecified atom stereocenters. The fourth-order valence-corrected chi connectivity index (χ4v) is 8.93. The van der Waals surface area contributed by atoms with Gasteiger partial charge in [-0.25, -0.2) is 0 Å². The van der Waals surface area contributed by atoms with E-state index in [1.807, 2.05) is 0 Å². The predicted octanol–water partition coefficient (Wildman–Crippen LogP) is 13.9. The van der Waals surface area contributed by atoms with E-state index < -0.39 is 0 Å². The Morgan fingerprint density at radius 2 is 0.796 bits per heavy atom. The molecule has 0 amide bonds. The van der Waals surface area contributed by atoms with Gasteiger partial charge in [0.25, 0.3) is 0 Å².